The third-order valence-electron chi connectivity index (χ3n) is 3.54. The van der Waals surface area contributed by atoms with Crippen molar-refractivity contribution in [2.24, 2.45) is 5.92 Å². The number of benzene rings is 1. The highest BCUT2D eigenvalue weighted by Gasteiger charge is 2.34. The van der Waals surface area contributed by atoms with Gasteiger partial charge in [-0.25, -0.2) is 0 Å². The van der Waals surface area contributed by atoms with Crippen LogP contribution in [-0.2, 0) is 4.79 Å². The highest BCUT2D eigenvalue weighted by atomic mass is 32.2. The van der Waals surface area contributed by atoms with Gasteiger partial charge in [0.15, 0.2) is 0 Å². The molecule has 0 bridgehead atoms. The fourth-order valence-corrected chi connectivity index (χ4v) is 3.63. The molecule has 1 saturated heterocycles. The standard InChI is InChI=1S/C14H17NO3S/c1-10-2-4-11(5-3-10)12(8-15(17)18)13-9-19-7-6-14(13)16/h2-5,12-13H,6-9H2,1H3/t12-,13-/m0/s1. The van der Waals surface area contributed by atoms with E-state index >= 15 is 0 Å². The second-order valence-electron chi connectivity index (χ2n) is 4.93. The number of aryl methyl sites for hydroxylation is 1. The molecule has 0 saturated carbocycles. The minimum atomic E-state index is -0.308. The van der Waals surface area contributed by atoms with Crippen molar-refractivity contribution in [3.05, 3.63) is 45.5 Å². The summed E-state index contributed by atoms with van der Waals surface area (Å²) in [6, 6.07) is 7.72. The topological polar surface area (TPSA) is 60.2 Å². The van der Waals surface area contributed by atoms with Crippen LogP contribution in [0.5, 0.6) is 0 Å². The summed E-state index contributed by atoms with van der Waals surface area (Å²) in [5.41, 5.74) is 2.02. The van der Waals surface area contributed by atoms with Crippen molar-refractivity contribution in [2.75, 3.05) is 18.1 Å². The van der Waals surface area contributed by atoms with Crippen LogP contribution in [0.4, 0.5) is 0 Å². The molecule has 1 aromatic rings. The molecule has 0 aliphatic carbocycles. The second-order valence-corrected chi connectivity index (χ2v) is 6.08. The SMILES string of the molecule is Cc1ccc([C@H](C[N+](=O)[O-])[C@@H]2CSCCC2=O)cc1. The van der Waals surface area contributed by atoms with Gasteiger partial charge in [-0.2, -0.15) is 11.8 Å². The first kappa shape index (κ1) is 14.1. The molecule has 1 heterocycles. The molecule has 2 rings (SSSR count). The molecule has 1 aliphatic heterocycles. The Kier molecular flexibility index (Phi) is 4.58. The Balaban J connectivity index is 2.26. The summed E-state index contributed by atoms with van der Waals surface area (Å²) in [6.07, 6.45) is 0.537. The molecule has 1 aromatic carbocycles. The fraction of sp³-hybridized carbons (Fsp3) is 0.500. The van der Waals surface area contributed by atoms with Gasteiger partial charge in [0.25, 0.3) is 0 Å². The van der Waals surface area contributed by atoms with Gasteiger partial charge in [0.1, 0.15) is 5.78 Å². The van der Waals surface area contributed by atoms with Crippen molar-refractivity contribution in [3.63, 3.8) is 0 Å². The molecule has 102 valence electrons. The molecule has 0 unspecified atom stereocenters. The second kappa shape index (κ2) is 6.19. The molecule has 0 spiro atoms. The molecular formula is C14H17NO3S. The Labute approximate surface area is 116 Å². The third-order valence-corrected chi connectivity index (χ3v) is 4.63. The Morgan fingerprint density at radius 3 is 2.68 bits per heavy atom. The van der Waals surface area contributed by atoms with Crippen LogP contribution < -0.4 is 0 Å². The largest absolute Gasteiger partial charge is 0.299 e. The molecule has 0 amide bonds. The van der Waals surface area contributed by atoms with Crippen molar-refractivity contribution >= 4 is 17.5 Å². The van der Waals surface area contributed by atoms with Crippen molar-refractivity contribution < 1.29 is 9.72 Å². The van der Waals surface area contributed by atoms with E-state index in [0.717, 1.165) is 16.9 Å². The van der Waals surface area contributed by atoms with Gasteiger partial charge in [-0.1, -0.05) is 29.8 Å². The van der Waals surface area contributed by atoms with Gasteiger partial charge in [-0.05, 0) is 12.5 Å². The quantitative estimate of drug-likeness (QED) is 0.628. The molecule has 0 aromatic heterocycles. The molecule has 19 heavy (non-hydrogen) atoms. The highest BCUT2D eigenvalue weighted by molar-refractivity contribution is 7.99. The Hall–Kier alpha value is -1.36. The lowest BCUT2D eigenvalue weighted by molar-refractivity contribution is -0.484. The molecule has 4 nitrogen and oxygen atoms in total. The number of ketones is 1. The van der Waals surface area contributed by atoms with Gasteiger partial charge in [0.2, 0.25) is 6.54 Å². The number of thioether (sulfide) groups is 1. The van der Waals surface area contributed by atoms with Crippen LogP contribution in [0, 0.1) is 23.0 Å². The first-order valence-electron chi connectivity index (χ1n) is 6.36. The highest BCUT2D eigenvalue weighted by Crippen LogP contribution is 2.33. The van der Waals surface area contributed by atoms with E-state index in [1.807, 2.05) is 31.2 Å². The van der Waals surface area contributed by atoms with Gasteiger partial charge in [0.05, 0.1) is 5.92 Å². The van der Waals surface area contributed by atoms with E-state index in [-0.39, 0.29) is 29.1 Å². The number of nitro groups is 1. The van der Waals surface area contributed by atoms with Crippen LogP contribution in [0.15, 0.2) is 24.3 Å². The van der Waals surface area contributed by atoms with Crippen LogP contribution in [0.25, 0.3) is 0 Å². The van der Waals surface area contributed by atoms with Gasteiger partial charge < -0.3 is 0 Å². The Morgan fingerprint density at radius 2 is 2.11 bits per heavy atom. The van der Waals surface area contributed by atoms with Crippen LogP contribution in [-0.4, -0.2) is 28.8 Å². The van der Waals surface area contributed by atoms with E-state index in [4.69, 9.17) is 0 Å². The van der Waals surface area contributed by atoms with Crippen LogP contribution in [0.3, 0.4) is 0 Å². The lowest BCUT2D eigenvalue weighted by Crippen LogP contribution is -2.32. The zero-order valence-electron chi connectivity index (χ0n) is 10.9. The summed E-state index contributed by atoms with van der Waals surface area (Å²) in [6.45, 7) is 1.81. The first-order chi connectivity index (χ1) is 9.08. The molecular weight excluding hydrogens is 262 g/mol. The number of Topliss-reactive ketones (excluding diaryl/α,β-unsaturated/α-hetero) is 1. The smallest absolute Gasteiger partial charge is 0.211 e. The van der Waals surface area contributed by atoms with Gasteiger partial charge in [0, 0.05) is 28.8 Å². The number of hydrogen-bond acceptors (Lipinski definition) is 4. The molecule has 5 heteroatoms. The Morgan fingerprint density at radius 1 is 1.42 bits per heavy atom. The van der Waals surface area contributed by atoms with E-state index in [1.54, 1.807) is 11.8 Å². The van der Waals surface area contributed by atoms with E-state index in [9.17, 15) is 14.9 Å². The average molecular weight is 279 g/mol. The van der Waals surface area contributed by atoms with Crippen LogP contribution in [0.2, 0.25) is 0 Å². The summed E-state index contributed by atoms with van der Waals surface area (Å²) >= 11 is 1.72. The van der Waals surface area contributed by atoms with Crippen molar-refractivity contribution in [2.45, 2.75) is 19.3 Å². The van der Waals surface area contributed by atoms with Crippen molar-refractivity contribution in [1.29, 1.82) is 0 Å². The van der Waals surface area contributed by atoms with E-state index < -0.39 is 0 Å². The molecule has 1 aliphatic rings. The number of hydrogen-bond donors (Lipinski definition) is 0. The predicted molar refractivity (Wildman–Crippen MR) is 76.2 cm³/mol. The van der Waals surface area contributed by atoms with E-state index in [0.29, 0.717) is 12.2 Å². The Bertz CT molecular complexity index is 472. The maximum Gasteiger partial charge on any atom is 0.211 e. The zero-order chi connectivity index (χ0) is 13.8. The zero-order valence-corrected chi connectivity index (χ0v) is 11.7. The molecule has 2 atom stereocenters. The third kappa shape index (κ3) is 3.56. The normalized spacial score (nSPS) is 21.1. The van der Waals surface area contributed by atoms with Gasteiger partial charge >= 0.3 is 0 Å². The number of carbonyl (C=O) groups excluding carboxylic acids is 1. The lowest BCUT2D eigenvalue weighted by atomic mass is 9.83. The van der Waals surface area contributed by atoms with E-state index in [1.165, 1.54) is 0 Å². The van der Waals surface area contributed by atoms with Crippen molar-refractivity contribution in [3.8, 4) is 0 Å². The van der Waals surface area contributed by atoms with Gasteiger partial charge in [-0.15, -0.1) is 0 Å². The summed E-state index contributed by atoms with van der Waals surface area (Å²) in [7, 11) is 0. The van der Waals surface area contributed by atoms with Crippen molar-refractivity contribution in [1.82, 2.24) is 0 Å². The van der Waals surface area contributed by atoms with Crippen LogP contribution in [0.1, 0.15) is 23.5 Å². The monoisotopic (exact) mass is 279 g/mol. The minimum absolute atomic E-state index is 0.167. The minimum Gasteiger partial charge on any atom is -0.299 e. The van der Waals surface area contributed by atoms with E-state index in [2.05, 4.69) is 0 Å². The lowest BCUT2D eigenvalue weighted by Gasteiger charge is -2.26. The summed E-state index contributed by atoms with van der Waals surface area (Å²) in [5.74, 6) is 1.20. The maximum atomic E-state index is 12.0. The first-order valence-corrected chi connectivity index (χ1v) is 7.52. The fourth-order valence-electron chi connectivity index (χ4n) is 2.44. The number of rotatable bonds is 4. The molecule has 0 N–H and O–H groups in total. The molecule has 0 radical (unpaired) electrons. The number of nitrogens with zero attached hydrogens (tertiary/aromatic N) is 1. The maximum absolute atomic E-state index is 12.0. The average Bonchev–Trinajstić information content (AvgIpc) is 2.38. The van der Waals surface area contributed by atoms with Gasteiger partial charge in [-0.3, -0.25) is 14.9 Å². The predicted octanol–water partition coefficient (Wildman–Crippen LogP) is 2.68. The molecule has 1 fully saturated rings. The summed E-state index contributed by atoms with van der Waals surface area (Å²) < 4.78 is 0. The summed E-state index contributed by atoms with van der Waals surface area (Å²) in [4.78, 5) is 22.6. The summed E-state index contributed by atoms with van der Waals surface area (Å²) in [5, 5.41) is 10.9. The van der Waals surface area contributed by atoms with Crippen LogP contribution >= 0.6 is 11.8 Å². The number of carbonyl (C=O) groups is 1.